The van der Waals surface area contributed by atoms with E-state index in [4.69, 9.17) is 0 Å². The summed E-state index contributed by atoms with van der Waals surface area (Å²) in [4.78, 5) is 14.2. The molecule has 0 radical (unpaired) electrons. The van der Waals surface area contributed by atoms with Crippen LogP contribution in [0.25, 0.3) is 0 Å². The second-order valence-electron chi connectivity index (χ2n) is 5.54. The molecule has 1 N–H and O–H groups in total. The van der Waals surface area contributed by atoms with Crippen LogP contribution in [-0.4, -0.2) is 48.0 Å². The van der Waals surface area contributed by atoms with E-state index in [1.54, 1.807) is 0 Å². The summed E-state index contributed by atoms with van der Waals surface area (Å²) in [6.45, 7) is 6.48. The maximum atomic E-state index is 12.1. The third kappa shape index (κ3) is 4.16. The number of rotatable bonds is 5. The van der Waals surface area contributed by atoms with Gasteiger partial charge in [-0.2, -0.15) is 0 Å². The molecule has 1 amide bonds. The molecule has 2 aliphatic heterocycles. The average molecular weight is 270 g/mol. The highest BCUT2D eigenvalue weighted by molar-refractivity contribution is 8.00. The minimum absolute atomic E-state index is 0.372. The summed E-state index contributed by atoms with van der Waals surface area (Å²) < 4.78 is 0. The van der Waals surface area contributed by atoms with Gasteiger partial charge in [-0.25, -0.2) is 0 Å². The van der Waals surface area contributed by atoms with Crippen LogP contribution in [0.3, 0.4) is 0 Å². The van der Waals surface area contributed by atoms with Gasteiger partial charge in [0, 0.05) is 18.3 Å². The minimum atomic E-state index is 0.372. The van der Waals surface area contributed by atoms with Crippen LogP contribution in [0.15, 0.2) is 0 Å². The van der Waals surface area contributed by atoms with Crippen molar-refractivity contribution in [1.29, 1.82) is 0 Å². The number of carbonyl (C=O) groups excluding carboxylic acids is 1. The van der Waals surface area contributed by atoms with Crippen molar-refractivity contribution in [3.8, 4) is 0 Å². The fourth-order valence-electron chi connectivity index (χ4n) is 2.95. The Hall–Kier alpha value is -0.220. The van der Waals surface area contributed by atoms with Crippen molar-refractivity contribution >= 4 is 17.7 Å². The van der Waals surface area contributed by atoms with Crippen LogP contribution in [0.1, 0.15) is 39.0 Å². The van der Waals surface area contributed by atoms with E-state index in [1.807, 2.05) is 11.8 Å². The van der Waals surface area contributed by atoms with Gasteiger partial charge in [0.2, 0.25) is 5.91 Å². The molecule has 18 heavy (non-hydrogen) atoms. The summed E-state index contributed by atoms with van der Waals surface area (Å²) in [5, 5.41) is 4.07. The fraction of sp³-hybridized carbons (Fsp3) is 0.929. The maximum absolute atomic E-state index is 12.1. The number of hydrogen-bond donors (Lipinski definition) is 1. The van der Waals surface area contributed by atoms with Crippen LogP contribution in [-0.2, 0) is 4.79 Å². The number of thioether (sulfide) groups is 1. The molecule has 0 aliphatic carbocycles. The lowest BCUT2D eigenvalue weighted by Gasteiger charge is -2.23. The van der Waals surface area contributed by atoms with Crippen molar-refractivity contribution in [2.75, 3.05) is 31.9 Å². The van der Waals surface area contributed by atoms with Gasteiger partial charge in [0.15, 0.2) is 0 Å². The molecule has 2 fully saturated rings. The number of carbonyl (C=O) groups is 1. The minimum Gasteiger partial charge on any atom is -0.342 e. The highest BCUT2D eigenvalue weighted by atomic mass is 32.2. The number of likely N-dealkylation sites (tertiary alicyclic amines) is 1. The molecule has 2 saturated heterocycles. The first-order valence-electron chi connectivity index (χ1n) is 7.39. The molecule has 3 nitrogen and oxygen atoms in total. The topological polar surface area (TPSA) is 32.3 Å². The molecular weight excluding hydrogens is 244 g/mol. The van der Waals surface area contributed by atoms with E-state index in [0.29, 0.717) is 16.9 Å². The average Bonchev–Trinajstić information content (AvgIpc) is 2.86. The van der Waals surface area contributed by atoms with E-state index in [1.165, 1.54) is 32.1 Å². The van der Waals surface area contributed by atoms with Crippen LogP contribution in [0.5, 0.6) is 0 Å². The van der Waals surface area contributed by atoms with Gasteiger partial charge in [0.1, 0.15) is 0 Å². The summed E-state index contributed by atoms with van der Waals surface area (Å²) >= 11 is 1.88. The van der Waals surface area contributed by atoms with Gasteiger partial charge < -0.3 is 10.2 Å². The highest BCUT2D eigenvalue weighted by Gasteiger charge is 2.26. The van der Waals surface area contributed by atoms with Crippen molar-refractivity contribution in [2.24, 2.45) is 5.92 Å². The molecule has 4 heteroatoms. The summed E-state index contributed by atoms with van der Waals surface area (Å²) in [7, 11) is 0. The van der Waals surface area contributed by atoms with Gasteiger partial charge in [-0.15, -0.1) is 11.8 Å². The first kappa shape index (κ1) is 14.2. The highest BCUT2D eigenvalue weighted by Crippen LogP contribution is 2.24. The lowest BCUT2D eigenvalue weighted by Crippen LogP contribution is -2.33. The Balaban J connectivity index is 1.65. The van der Waals surface area contributed by atoms with Crippen LogP contribution >= 0.6 is 11.8 Å². The van der Waals surface area contributed by atoms with Gasteiger partial charge >= 0.3 is 0 Å². The number of nitrogens with one attached hydrogen (secondary N) is 1. The Morgan fingerprint density at radius 1 is 1.33 bits per heavy atom. The van der Waals surface area contributed by atoms with Crippen molar-refractivity contribution < 1.29 is 4.79 Å². The largest absolute Gasteiger partial charge is 0.342 e. The normalized spacial score (nSPS) is 25.6. The smallest absolute Gasteiger partial charge is 0.232 e. The molecule has 0 saturated carbocycles. The van der Waals surface area contributed by atoms with Crippen molar-refractivity contribution in [3.05, 3.63) is 0 Å². The standard InChI is InChI=1S/C14H26N2OS/c1-2-3-12-6-9-16(10-12)14(17)11-18-13-4-7-15-8-5-13/h12-13,15H,2-11H2,1H3. The zero-order valence-corrected chi connectivity index (χ0v) is 12.3. The van der Waals surface area contributed by atoms with E-state index < -0.39 is 0 Å². The Morgan fingerprint density at radius 3 is 2.83 bits per heavy atom. The maximum Gasteiger partial charge on any atom is 0.232 e. The predicted octanol–water partition coefficient (Wildman–Crippen LogP) is 2.12. The van der Waals surface area contributed by atoms with Gasteiger partial charge in [0.05, 0.1) is 5.75 Å². The van der Waals surface area contributed by atoms with E-state index in [0.717, 1.165) is 32.1 Å². The first-order chi connectivity index (χ1) is 8.79. The van der Waals surface area contributed by atoms with Crippen molar-refractivity contribution in [2.45, 2.75) is 44.3 Å². The van der Waals surface area contributed by atoms with Crippen LogP contribution < -0.4 is 5.32 Å². The van der Waals surface area contributed by atoms with Crippen molar-refractivity contribution in [3.63, 3.8) is 0 Å². The van der Waals surface area contributed by atoms with Gasteiger partial charge in [-0.05, 0) is 44.7 Å². The number of amides is 1. The molecule has 2 heterocycles. The summed E-state index contributed by atoms with van der Waals surface area (Å²) in [5.41, 5.74) is 0. The first-order valence-corrected chi connectivity index (χ1v) is 8.44. The molecule has 1 atom stereocenters. The number of nitrogens with zero attached hydrogens (tertiary/aromatic N) is 1. The number of piperidine rings is 1. The molecule has 104 valence electrons. The van der Waals surface area contributed by atoms with Gasteiger partial charge in [-0.3, -0.25) is 4.79 Å². The summed E-state index contributed by atoms with van der Waals surface area (Å²) in [5.74, 6) is 1.84. The monoisotopic (exact) mass is 270 g/mol. The van der Waals surface area contributed by atoms with Crippen LogP contribution in [0.2, 0.25) is 0 Å². The fourth-order valence-corrected chi connectivity index (χ4v) is 4.08. The Morgan fingerprint density at radius 2 is 2.11 bits per heavy atom. The lowest BCUT2D eigenvalue weighted by molar-refractivity contribution is -0.127. The zero-order valence-electron chi connectivity index (χ0n) is 11.5. The Kier molecular flexibility index (Phi) is 5.83. The second kappa shape index (κ2) is 7.39. The molecule has 0 aromatic carbocycles. The molecule has 2 aliphatic rings. The van der Waals surface area contributed by atoms with Crippen molar-refractivity contribution in [1.82, 2.24) is 10.2 Å². The van der Waals surface area contributed by atoms with E-state index in [9.17, 15) is 4.79 Å². The predicted molar refractivity (Wildman–Crippen MR) is 77.9 cm³/mol. The SMILES string of the molecule is CCCC1CCN(C(=O)CSC2CCNCC2)C1. The van der Waals surface area contributed by atoms with E-state index in [2.05, 4.69) is 17.1 Å². The third-order valence-corrected chi connectivity index (χ3v) is 5.42. The van der Waals surface area contributed by atoms with E-state index >= 15 is 0 Å². The lowest BCUT2D eigenvalue weighted by atomic mass is 10.0. The second-order valence-corrected chi connectivity index (χ2v) is 6.83. The van der Waals surface area contributed by atoms with Crippen LogP contribution in [0.4, 0.5) is 0 Å². The van der Waals surface area contributed by atoms with Gasteiger partial charge in [0.25, 0.3) is 0 Å². The molecule has 0 bridgehead atoms. The number of hydrogen-bond acceptors (Lipinski definition) is 3. The zero-order chi connectivity index (χ0) is 12.8. The van der Waals surface area contributed by atoms with Crippen LogP contribution in [0, 0.1) is 5.92 Å². The summed E-state index contributed by atoms with van der Waals surface area (Å²) in [6, 6.07) is 0. The molecule has 2 rings (SSSR count). The van der Waals surface area contributed by atoms with E-state index in [-0.39, 0.29) is 0 Å². The molecule has 1 unspecified atom stereocenters. The molecule has 0 spiro atoms. The van der Waals surface area contributed by atoms with Gasteiger partial charge in [-0.1, -0.05) is 13.3 Å². The molecule has 0 aromatic rings. The molecular formula is C14H26N2OS. The molecule has 0 aromatic heterocycles. The Bertz CT molecular complexity index is 267. The Labute approximate surface area is 115 Å². The quantitative estimate of drug-likeness (QED) is 0.830. The third-order valence-electron chi connectivity index (χ3n) is 4.06. The summed E-state index contributed by atoms with van der Waals surface area (Å²) in [6.07, 6.45) is 6.19.